The summed E-state index contributed by atoms with van der Waals surface area (Å²) in [5.41, 5.74) is 2.88. The lowest BCUT2D eigenvalue weighted by atomic mass is 10.1. The van der Waals surface area contributed by atoms with Gasteiger partial charge in [-0.3, -0.25) is 0 Å². The van der Waals surface area contributed by atoms with Gasteiger partial charge in [-0.1, -0.05) is 35.3 Å². The van der Waals surface area contributed by atoms with Crippen LogP contribution in [-0.2, 0) is 11.2 Å². The van der Waals surface area contributed by atoms with Crippen molar-refractivity contribution < 1.29 is 15.0 Å². The SMILES string of the molecule is O=C([O-])CCc1ccc(-c2ccc(Cl)cc2)n1-c1cc(Cl)ccc1O. The van der Waals surface area contributed by atoms with E-state index in [-0.39, 0.29) is 18.6 Å². The van der Waals surface area contributed by atoms with Crippen molar-refractivity contribution in [1.82, 2.24) is 4.57 Å². The molecule has 1 N–H and O–H groups in total. The van der Waals surface area contributed by atoms with E-state index in [2.05, 4.69) is 0 Å². The Morgan fingerprint density at radius 2 is 1.68 bits per heavy atom. The molecule has 0 fully saturated rings. The molecule has 25 heavy (non-hydrogen) atoms. The second-order valence-electron chi connectivity index (χ2n) is 5.56. The van der Waals surface area contributed by atoms with Crippen molar-refractivity contribution >= 4 is 29.2 Å². The van der Waals surface area contributed by atoms with Crippen LogP contribution in [0.3, 0.4) is 0 Å². The number of carboxylic acid groups (broad SMARTS) is 1. The Hall–Kier alpha value is -2.43. The Morgan fingerprint density at radius 3 is 2.36 bits per heavy atom. The molecule has 128 valence electrons. The summed E-state index contributed by atoms with van der Waals surface area (Å²) in [6.45, 7) is 0. The average Bonchev–Trinajstić information content (AvgIpc) is 2.99. The van der Waals surface area contributed by atoms with Gasteiger partial charge in [-0.2, -0.15) is 0 Å². The van der Waals surface area contributed by atoms with Crippen LogP contribution in [0.4, 0.5) is 0 Å². The highest BCUT2D eigenvalue weighted by Crippen LogP contribution is 2.33. The first-order chi connectivity index (χ1) is 12.0. The highest BCUT2D eigenvalue weighted by molar-refractivity contribution is 6.31. The quantitative estimate of drug-likeness (QED) is 0.737. The third kappa shape index (κ3) is 3.81. The van der Waals surface area contributed by atoms with Gasteiger partial charge in [-0.25, -0.2) is 0 Å². The predicted molar refractivity (Wildman–Crippen MR) is 96.2 cm³/mol. The first kappa shape index (κ1) is 17.4. The van der Waals surface area contributed by atoms with Crippen molar-refractivity contribution in [3.63, 3.8) is 0 Å². The molecule has 0 radical (unpaired) electrons. The first-order valence-electron chi connectivity index (χ1n) is 7.61. The number of halogens is 2. The fourth-order valence-electron chi connectivity index (χ4n) is 2.71. The van der Waals surface area contributed by atoms with Crippen LogP contribution in [-0.4, -0.2) is 15.6 Å². The number of benzene rings is 2. The van der Waals surface area contributed by atoms with Crippen LogP contribution in [0.5, 0.6) is 5.75 Å². The van der Waals surface area contributed by atoms with E-state index in [9.17, 15) is 15.0 Å². The third-order valence-corrected chi connectivity index (χ3v) is 4.35. The summed E-state index contributed by atoms with van der Waals surface area (Å²) in [6, 6.07) is 15.7. The Morgan fingerprint density at radius 1 is 1.00 bits per heavy atom. The van der Waals surface area contributed by atoms with E-state index >= 15 is 0 Å². The number of carbonyl (C=O) groups is 1. The molecular formula is C19H14Cl2NO3-. The molecule has 0 aliphatic heterocycles. The van der Waals surface area contributed by atoms with E-state index in [1.807, 2.05) is 24.3 Å². The average molecular weight is 375 g/mol. The largest absolute Gasteiger partial charge is 0.550 e. The first-order valence-corrected chi connectivity index (χ1v) is 8.36. The van der Waals surface area contributed by atoms with Crippen molar-refractivity contribution in [3.05, 3.63) is 70.3 Å². The van der Waals surface area contributed by atoms with Gasteiger partial charge >= 0.3 is 0 Å². The lowest BCUT2D eigenvalue weighted by molar-refractivity contribution is -0.305. The van der Waals surface area contributed by atoms with Crippen molar-refractivity contribution in [3.8, 4) is 22.7 Å². The lowest BCUT2D eigenvalue weighted by Crippen LogP contribution is -2.22. The second kappa shape index (κ2) is 7.21. The fraction of sp³-hybridized carbons (Fsp3) is 0.105. The van der Waals surface area contributed by atoms with E-state index in [0.29, 0.717) is 15.7 Å². The minimum Gasteiger partial charge on any atom is -0.550 e. The van der Waals surface area contributed by atoms with Crippen LogP contribution in [0.1, 0.15) is 12.1 Å². The van der Waals surface area contributed by atoms with Crippen LogP contribution in [0, 0.1) is 0 Å². The molecule has 3 aromatic rings. The third-order valence-electron chi connectivity index (χ3n) is 3.87. The molecule has 1 heterocycles. The topological polar surface area (TPSA) is 65.3 Å². The molecule has 0 aliphatic carbocycles. The van der Waals surface area contributed by atoms with Gasteiger partial charge in [0.2, 0.25) is 0 Å². The van der Waals surface area contributed by atoms with E-state index in [0.717, 1.165) is 17.0 Å². The monoisotopic (exact) mass is 374 g/mol. The van der Waals surface area contributed by atoms with Gasteiger partial charge < -0.3 is 19.6 Å². The Labute approximate surface area is 154 Å². The highest BCUT2D eigenvalue weighted by atomic mass is 35.5. The molecule has 0 aliphatic rings. The zero-order valence-electron chi connectivity index (χ0n) is 13.1. The standard InChI is InChI=1S/C19H15Cl2NO3/c20-13-3-1-12(2-4-13)16-8-6-15(7-10-19(24)25)22(16)17-11-14(21)5-9-18(17)23/h1-6,8-9,11,23H,7,10H2,(H,24,25)/p-1. The van der Waals surface area contributed by atoms with Crippen molar-refractivity contribution in [1.29, 1.82) is 0 Å². The Kier molecular flexibility index (Phi) is 5.02. The van der Waals surface area contributed by atoms with Gasteiger partial charge in [0.05, 0.1) is 11.4 Å². The molecule has 2 aromatic carbocycles. The molecule has 0 spiro atoms. The molecule has 6 heteroatoms. The minimum absolute atomic E-state index is 0.0468. The number of nitrogens with zero attached hydrogens (tertiary/aromatic N) is 1. The van der Waals surface area contributed by atoms with Gasteiger partial charge in [-0.05, 0) is 60.9 Å². The van der Waals surface area contributed by atoms with Crippen LogP contribution in [0.2, 0.25) is 10.0 Å². The molecule has 0 saturated heterocycles. The normalized spacial score (nSPS) is 10.8. The maximum atomic E-state index is 10.9. The summed E-state index contributed by atoms with van der Waals surface area (Å²) in [7, 11) is 0. The van der Waals surface area contributed by atoms with Gasteiger partial charge in [0.15, 0.2) is 0 Å². The van der Waals surface area contributed by atoms with Crippen LogP contribution in [0.25, 0.3) is 16.9 Å². The molecule has 0 amide bonds. The van der Waals surface area contributed by atoms with Gasteiger partial charge in [0.1, 0.15) is 5.75 Å². The Balaban J connectivity index is 2.17. The predicted octanol–water partition coefficient (Wildman–Crippen LogP) is 3.84. The van der Waals surface area contributed by atoms with Crippen molar-refractivity contribution in [2.24, 2.45) is 0 Å². The number of carboxylic acids is 1. The number of aromatic hydroxyl groups is 1. The molecular weight excluding hydrogens is 361 g/mol. The molecule has 0 saturated carbocycles. The highest BCUT2D eigenvalue weighted by Gasteiger charge is 2.15. The second-order valence-corrected chi connectivity index (χ2v) is 6.43. The van der Waals surface area contributed by atoms with E-state index in [4.69, 9.17) is 23.2 Å². The van der Waals surface area contributed by atoms with Crippen molar-refractivity contribution in [2.75, 3.05) is 0 Å². The zero-order chi connectivity index (χ0) is 18.0. The van der Waals surface area contributed by atoms with Crippen LogP contribution >= 0.6 is 23.2 Å². The van der Waals surface area contributed by atoms with Gasteiger partial charge in [0, 0.05) is 21.7 Å². The smallest absolute Gasteiger partial charge is 0.139 e. The van der Waals surface area contributed by atoms with E-state index in [1.165, 1.54) is 6.07 Å². The summed E-state index contributed by atoms with van der Waals surface area (Å²) >= 11 is 12.0. The molecule has 4 nitrogen and oxygen atoms in total. The number of aromatic nitrogens is 1. The maximum absolute atomic E-state index is 10.9. The van der Waals surface area contributed by atoms with E-state index in [1.54, 1.807) is 28.8 Å². The number of carbonyl (C=O) groups excluding carboxylic acids is 1. The van der Waals surface area contributed by atoms with Gasteiger partial charge in [0.25, 0.3) is 0 Å². The number of phenolic OH excluding ortho intramolecular Hbond substituents is 1. The number of rotatable bonds is 5. The minimum atomic E-state index is -1.13. The molecule has 0 atom stereocenters. The maximum Gasteiger partial charge on any atom is 0.139 e. The number of hydrogen-bond acceptors (Lipinski definition) is 3. The van der Waals surface area contributed by atoms with Crippen LogP contribution in [0.15, 0.2) is 54.6 Å². The lowest BCUT2D eigenvalue weighted by Gasteiger charge is -2.16. The van der Waals surface area contributed by atoms with Crippen molar-refractivity contribution in [2.45, 2.75) is 12.8 Å². The van der Waals surface area contributed by atoms with Crippen LogP contribution < -0.4 is 5.11 Å². The van der Waals surface area contributed by atoms with E-state index < -0.39 is 5.97 Å². The summed E-state index contributed by atoms with van der Waals surface area (Å²) in [5.74, 6) is -1.08. The Bertz CT molecular complexity index is 917. The summed E-state index contributed by atoms with van der Waals surface area (Å²) in [5, 5.41) is 22.2. The molecule has 1 aromatic heterocycles. The number of hydrogen-bond donors (Lipinski definition) is 1. The molecule has 3 rings (SSSR count). The number of phenols is 1. The zero-order valence-corrected chi connectivity index (χ0v) is 14.6. The van der Waals surface area contributed by atoms with Gasteiger partial charge in [-0.15, -0.1) is 0 Å². The number of aryl methyl sites for hydroxylation is 1. The summed E-state index contributed by atoms with van der Waals surface area (Å²) in [6.07, 6.45) is 0.146. The summed E-state index contributed by atoms with van der Waals surface area (Å²) in [4.78, 5) is 10.9. The molecule has 0 bridgehead atoms. The molecule has 0 unspecified atom stereocenters. The fourth-order valence-corrected chi connectivity index (χ4v) is 3.00. The number of aliphatic carboxylic acids is 1. The summed E-state index contributed by atoms with van der Waals surface area (Å²) < 4.78 is 1.80.